The minimum absolute atomic E-state index is 0.417. The molecule has 0 saturated heterocycles. The number of rotatable bonds is 3. The molecule has 0 bridgehead atoms. The highest BCUT2D eigenvalue weighted by atomic mass is 16.7. The molecule has 1 aromatic rings. The standard InChI is InChI=1S/C10H13NO3/c1-7(13-2)14-10(12)8-3-5-9(11)6-4-8/h3-7H,11H2,1-2H3. The van der Waals surface area contributed by atoms with E-state index in [0.29, 0.717) is 11.3 Å². The molecule has 0 aliphatic carbocycles. The quantitative estimate of drug-likeness (QED) is 0.450. The molecule has 0 amide bonds. The van der Waals surface area contributed by atoms with Crippen LogP contribution in [0.3, 0.4) is 0 Å². The molecule has 0 radical (unpaired) electrons. The van der Waals surface area contributed by atoms with E-state index in [-0.39, 0.29) is 0 Å². The Morgan fingerprint density at radius 3 is 2.43 bits per heavy atom. The lowest BCUT2D eigenvalue weighted by molar-refractivity contribution is -0.0773. The van der Waals surface area contributed by atoms with E-state index >= 15 is 0 Å². The molecule has 1 unspecified atom stereocenters. The van der Waals surface area contributed by atoms with E-state index in [1.807, 2.05) is 0 Å². The molecule has 2 N–H and O–H groups in total. The van der Waals surface area contributed by atoms with Crippen molar-refractivity contribution in [1.29, 1.82) is 0 Å². The maximum absolute atomic E-state index is 11.4. The average Bonchev–Trinajstić information content (AvgIpc) is 2.18. The number of ether oxygens (including phenoxy) is 2. The lowest BCUT2D eigenvalue weighted by atomic mass is 10.2. The molecular weight excluding hydrogens is 182 g/mol. The van der Waals surface area contributed by atoms with Crippen LogP contribution in [0.25, 0.3) is 0 Å². The number of nitrogen functional groups attached to an aromatic ring is 1. The first-order valence-electron chi connectivity index (χ1n) is 4.23. The number of nitrogens with two attached hydrogens (primary N) is 1. The van der Waals surface area contributed by atoms with Gasteiger partial charge in [-0.25, -0.2) is 4.79 Å². The smallest absolute Gasteiger partial charge is 0.340 e. The van der Waals surface area contributed by atoms with Gasteiger partial charge in [-0.3, -0.25) is 0 Å². The van der Waals surface area contributed by atoms with Gasteiger partial charge in [0.25, 0.3) is 0 Å². The van der Waals surface area contributed by atoms with Gasteiger partial charge in [0.2, 0.25) is 0 Å². The lowest BCUT2D eigenvalue weighted by Crippen LogP contribution is -2.16. The summed E-state index contributed by atoms with van der Waals surface area (Å²) in [6.07, 6.45) is -0.542. The maximum atomic E-state index is 11.4. The van der Waals surface area contributed by atoms with Gasteiger partial charge in [-0.1, -0.05) is 0 Å². The second kappa shape index (κ2) is 4.62. The molecule has 0 saturated carbocycles. The van der Waals surface area contributed by atoms with Crippen molar-refractivity contribution in [3.8, 4) is 0 Å². The van der Waals surface area contributed by atoms with Gasteiger partial charge in [0.05, 0.1) is 5.56 Å². The van der Waals surface area contributed by atoms with Crippen LogP contribution in [-0.4, -0.2) is 19.4 Å². The van der Waals surface area contributed by atoms with Gasteiger partial charge in [0, 0.05) is 12.8 Å². The van der Waals surface area contributed by atoms with Gasteiger partial charge in [0.15, 0.2) is 6.29 Å². The van der Waals surface area contributed by atoms with Crippen LogP contribution in [0.4, 0.5) is 5.69 Å². The molecule has 4 nitrogen and oxygen atoms in total. The van der Waals surface area contributed by atoms with E-state index in [9.17, 15) is 4.79 Å². The Hall–Kier alpha value is -1.55. The zero-order valence-corrected chi connectivity index (χ0v) is 8.19. The van der Waals surface area contributed by atoms with Crippen molar-refractivity contribution in [2.75, 3.05) is 12.8 Å². The minimum atomic E-state index is -0.542. The Labute approximate surface area is 82.6 Å². The molecular formula is C10H13NO3. The molecule has 1 rings (SSSR count). The fourth-order valence-electron chi connectivity index (χ4n) is 0.886. The third kappa shape index (κ3) is 2.74. The van der Waals surface area contributed by atoms with Crippen molar-refractivity contribution in [1.82, 2.24) is 0 Å². The summed E-state index contributed by atoms with van der Waals surface area (Å²) in [6, 6.07) is 6.52. The van der Waals surface area contributed by atoms with E-state index < -0.39 is 12.3 Å². The molecule has 1 aromatic carbocycles. The highest BCUT2D eigenvalue weighted by Gasteiger charge is 2.10. The lowest BCUT2D eigenvalue weighted by Gasteiger charge is -2.10. The van der Waals surface area contributed by atoms with E-state index in [2.05, 4.69) is 0 Å². The van der Waals surface area contributed by atoms with Gasteiger partial charge in [0.1, 0.15) is 0 Å². The van der Waals surface area contributed by atoms with E-state index in [1.54, 1.807) is 31.2 Å². The minimum Gasteiger partial charge on any atom is -0.432 e. The fourth-order valence-corrected chi connectivity index (χ4v) is 0.886. The second-order valence-corrected chi connectivity index (χ2v) is 2.83. The van der Waals surface area contributed by atoms with Crippen molar-refractivity contribution < 1.29 is 14.3 Å². The molecule has 0 fully saturated rings. The summed E-state index contributed by atoms with van der Waals surface area (Å²) in [5.41, 5.74) is 6.55. The summed E-state index contributed by atoms with van der Waals surface area (Å²) >= 11 is 0. The van der Waals surface area contributed by atoms with E-state index in [4.69, 9.17) is 15.2 Å². The molecule has 4 heteroatoms. The summed E-state index contributed by atoms with van der Waals surface area (Å²) in [5, 5.41) is 0. The first kappa shape index (κ1) is 10.5. The number of methoxy groups -OCH3 is 1. The Kier molecular flexibility index (Phi) is 3.48. The first-order chi connectivity index (χ1) is 6.63. The van der Waals surface area contributed by atoms with Crippen LogP contribution in [0.2, 0.25) is 0 Å². The van der Waals surface area contributed by atoms with Crippen molar-refractivity contribution in [3.05, 3.63) is 29.8 Å². The van der Waals surface area contributed by atoms with Crippen molar-refractivity contribution in [3.63, 3.8) is 0 Å². The third-order valence-corrected chi connectivity index (χ3v) is 1.75. The highest BCUT2D eigenvalue weighted by Crippen LogP contribution is 2.08. The largest absolute Gasteiger partial charge is 0.432 e. The first-order valence-corrected chi connectivity index (χ1v) is 4.23. The van der Waals surface area contributed by atoms with Gasteiger partial charge in [-0.2, -0.15) is 0 Å². The average molecular weight is 195 g/mol. The molecule has 14 heavy (non-hydrogen) atoms. The number of anilines is 1. The van der Waals surface area contributed by atoms with Crippen LogP contribution < -0.4 is 5.73 Å². The second-order valence-electron chi connectivity index (χ2n) is 2.83. The zero-order chi connectivity index (χ0) is 10.6. The molecule has 1 atom stereocenters. The molecule has 0 spiro atoms. The number of esters is 1. The summed E-state index contributed by atoms with van der Waals surface area (Å²) in [6.45, 7) is 1.65. The Morgan fingerprint density at radius 1 is 1.36 bits per heavy atom. The van der Waals surface area contributed by atoms with Crippen molar-refractivity contribution in [2.24, 2.45) is 0 Å². The van der Waals surface area contributed by atoms with Crippen molar-refractivity contribution >= 4 is 11.7 Å². The summed E-state index contributed by atoms with van der Waals surface area (Å²) < 4.78 is 9.72. The van der Waals surface area contributed by atoms with Gasteiger partial charge in [-0.05, 0) is 31.2 Å². The van der Waals surface area contributed by atoms with E-state index in [1.165, 1.54) is 7.11 Å². The maximum Gasteiger partial charge on any atom is 0.340 e. The molecule has 0 heterocycles. The van der Waals surface area contributed by atoms with Crippen LogP contribution in [0, 0.1) is 0 Å². The summed E-state index contributed by atoms with van der Waals surface area (Å²) in [5.74, 6) is -0.417. The highest BCUT2D eigenvalue weighted by molar-refractivity contribution is 5.89. The topological polar surface area (TPSA) is 61.5 Å². The molecule has 0 aromatic heterocycles. The molecule has 76 valence electrons. The van der Waals surface area contributed by atoms with Gasteiger partial charge < -0.3 is 15.2 Å². The third-order valence-electron chi connectivity index (χ3n) is 1.75. The van der Waals surface area contributed by atoms with Gasteiger partial charge >= 0.3 is 5.97 Å². The Morgan fingerprint density at radius 2 is 1.93 bits per heavy atom. The predicted octanol–water partition coefficient (Wildman–Crippen LogP) is 1.42. The Balaban J connectivity index is 2.65. The van der Waals surface area contributed by atoms with Crippen LogP contribution in [-0.2, 0) is 9.47 Å². The summed E-state index contributed by atoms with van der Waals surface area (Å²) in [7, 11) is 1.47. The van der Waals surface area contributed by atoms with Crippen molar-refractivity contribution in [2.45, 2.75) is 13.2 Å². The normalized spacial score (nSPS) is 12.1. The van der Waals surface area contributed by atoms with Crippen LogP contribution >= 0.6 is 0 Å². The molecule has 0 aliphatic rings. The number of carbonyl (C=O) groups excluding carboxylic acids is 1. The zero-order valence-electron chi connectivity index (χ0n) is 8.19. The number of carbonyl (C=O) groups is 1. The monoisotopic (exact) mass is 195 g/mol. The summed E-state index contributed by atoms with van der Waals surface area (Å²) in [4.78, 5) is 11.4. The van der Waals surface area contributed by atoms with Crippen LogP contribution in [0.1, 0.15) is 17.3 Å². The number of hydrogen-bond donors (Lipinski definition) is 1. The van der Waals surface area contributed by atoms with Crippen LogP contribution in [0.15, 0.2) is 24.3 Å². The van der Waals surface area contributed by atoms with Crippen LogP contribution in [0.5, 0.6) is 0 Å². The number of benzene rings is 1. The predicted molar refractivity (Wildman–Crippen MR) is 52.7 cm³/mol. The Bertz CT molecular complexity index is 308. The SMILES string of the molecule is COC(C)OC(=O)c1ccc(N)cc1. The van der Waals surface area contributed by atoms with Gasteiger partial charge in [-0.15, -0.1) is 0 Å². The molecule has 0 aliphatic heterocycles. The fraction of sp³-hybridized carbons (Fsp3) is 0.300. The number of hydrogen-bond acceptors (Lipinski definition) is 4. The van der Waals surface area contributed by atoms with E-state index in [0.717, 1.165) is 0 Å².